The first-order valence-electron chi connectivity index (χ1n) is 5.29. The SMILES string of the molecule is COOCCCO[C@@H](C)C(Cl)CCOOC. The van der Waals surface area contributed by atoms with Crippen LogP contribution in [-0.2, 0) is 24.3 Å². The summed E-state index contributed by atoms with van der Waals surface area (Å²) in [7, 11) is 2.95. The van der Waals surface area contributed by atoms with Crippen molar-refractivity contribution in [1.29, 1.82) is 0 Å². The van der Waals surface area contributed by atoms with E-state index >= 15 is 0 Å². The highest BCUT2D eigenvalue weighted by molar-refractivity contribution is 6.21. The van der Waals surface area contributed by atoms with E-state index in [1.807, 2.05) is 6.92 Å². The minimum Gasteiger partial charge on any atom is -0.377 e. The molecule has 0 radical (unpaired) electrons. The maximum absolute atomic E-state index is 6.09. The monoisotopic (exact) mass is 256 g/mol. The average molecular weight is 257 g/mol. The number of halogens is 1. The molecule has 1 unspecified atom stereocenters. The van der Waals surface area contributed by atoms with E-state index in [-0.39, 0.29) is 11.5 Å². The van der Waals surface area contributed by atoms with Gasteiger partial charge in [-0.25, -0.2) is 19.6 Å². The second-order valence-corrected chi connectivity index (χ2v) is 3.77. The number of alkyl halides is 1. The van der Waals surface area contributed by atoms with Crippen LogP contribution in [0.5, 0.6) is 0 Å². The molecule has 0 heterocycles. The summed E-state index contributed by atoms with van der Waals surface area (Å²) in [5, 5.41) is -0.0847. The molecular weight excluding hydrogens is 236 g/mol. The van der Waals surface area contributed by atoms with Crippen molar-refractivity contribution >= 4 is 11.6 Å². The molecule has 16 heavy (non-hydrogen) atoms. The van der Waals surface area contributed by atoms with Crippen LogP contribution < -0.4 is 0 Å². The summed E-state index contributed by atoms with van der Waals surface area (Å²) in [5.41, 5.74) is 0. The molecule has 0 fully saturated rings. The minimum absolute atomic E-state index is 0.0235. The van der Waals surface area contributed by atoms with E-state index in [4.69, 9.17) is 26.1 Å². The second kappa shape index (κ2) is 11.6. The van der Waals surface area contributed by atoms with Gasteiger partial charge in [0, 0.05) is 6.61 Å². The van der Waals surface area contributed by atoms with E-state index in [2.05, 4.69) is 9.78 Å². The van der Waals surface area contributed by atoms with Crippen LogP contribution >= 0.6 is 11.6 Å². The van der Waals surface area contributed by atoms with Crippen molar-refractivity contribution in [2.45, 2.75) is 31.2 Å². The van der Waals surface area contributed by atoms with Crippen molar-refractivity contribution in [2.75, 3.05) is 34.0 Å². The summed E-state index contributed by atoms with van der Waals surface area (Å²) >= 11 is 6.09. The predicted molar refractivity (Wildman–Crippen MR) is 60.2 cm³/mol. The predicted octanol–water partition coefficient (Wildman–Crippen LogP) is 1.94. The van der Waals surface area contributed by atoms with Gasteiger partial charge < -0.3 is 4.74 Å². The summed E-state index contributed by atoms with van der Waals surface area (Å²) in [6.45, 7) is 3.51. The van der Waals surface area contributed by atoms with Crippen LogP contribution in [0.2, 0.25) is 0 Å². The molecule has 0 aliphatic heterocycles. The zero-order valence-electron chi connectivity index (χ0n) is 10.1. The third-order valence-corrected chi connectivity index (χ3v) is 2.55. The summed E-state index contributed by atoms with van der Waals surface area (Å²) in [5.74, 6) is 0. The van der Waals surface area contributed by atoms with Gasteiger partial charge in [0.25, 0.3) is 0 Å². The van der Waals surface area contributed by atoms with Gasteiger partial charge in [-0.2, -0.15) is 0 Å². The fraction of sp³-hybridized carbons (Fsp3) is 1.00. The molecule has 0 N–H and O–H groups in total. The van der Waals surface area contributed by atoms with Crippen LogP contribution in [0, 0.1) is 0 Å². The van der Waals surface area contributed by atoms with Crippen molar-refractivity contribution < 1.29 is 24.3 Å². The number of hydrogen-bond acceptors (Lipinski definition) is 5. The van der Waals surface area contributed by atoms with E-state index in [9.17, 15) is 0 Å². The van der Waals surface area contributed by atoms with E-state index in [0.717, 1.165) is 6.42 Å². The molecule has 0 bridgehead atoms. The molecule has 0 aromatic heterocycles. The minimum atomic E-state index is -0.0847. The van der Waals surface area contributed by atoms with Gasteiger partial charge in [0.15, 0.2) is 0 Å². The van der Waals surface area contributed by atoms with Crippen molar-refractivity contribution in [3.63, 3.8) is 0 Å². The lowest BCUT2D eigenvalue weighted by Crippen LogP contribution is -2.23. The Morgan fingerprint density at radius 3 is 2.25 bits per heavy atom. The van der Waals surface area contributed by atoms with Crippen LogP contribution in [-0.4, -0.2) is 45.5 Å². The van der Waals surface area contributed by atoms with Crippen molar-refractivity contribution in [3.8, 4) is 0 Å². The Morgan fingerprint density at radius 1 is 1.00 bits per heavy atom. The lowest BCUT2D eigenvalue weighted by atomic mass is 10.2. The van der Waals surface area contributed by atoms with Crippen LogP contribution in [0.4, 0.5) is 0 Å². The second-order valence-electron chi connectivity index (χ2n) is 3.21. The smallest absolute Gasteiger partial charge is 0.0844 e. The van der Waals surface area contributed by atoms with Crippen LogP contribution in [0.3, 0.4) is 0 Å². The van der Waals surface area contributed by atoms with Gasteiger partial charge in [-0.3, -0.25) is 0 Å². The Bertz CT molecular complexity index is 147. The number of rotatable bonds is 11. The Balaban J connectivity index is 3.36. The van der Waals surface area contributed by atoms with Gasteiger partial charge in [-0.15, -0.1) is 11.6 Å². The Kier molecular flexibility index (Phi) is 11.6. The molecular formula is C10H21ClO5. The third kappa shape index (κ3) is 9.33. The van der Waals surface area contributed by atoms with E-state index in [1.54, 1.807) is 0 Å². The first-order valence-corrected chi connectivity index (χ1v) is 5.73. The molecule has 0 saturated heterocycles. The number of hydrogen-bond donors (Lipinski definition) is 0. The molecule has 0 aromatic rings. The first kappa shape index (κ1) is 16.1. The van der Waals surface area contributed by atoms with Gasteiger partial charge in [-0.05, 0) is 19.8 Å². The molecule has 0 rings (SSSR count). The lowest BCUT2D eigenvalue weighted by molar-refractivity contribution is -0.274. The molecule has 0 saturated carbocycles. The summed E-state index contributed by atoms with van der Waals surface area (Å²) < 4.78 is 5.52. The van der Waals surface area contributed by atoms with Crippen molar-refractivity contribution in [2.24, 2.45) is 0 Å². The molecule has 5 nitrogen and oxygen atoms in total. The van der Waals surface area contributed by atoms with Crippen molar-refractivity contribution in [1.82, 2.24) is 0 Å². The van der Waals surface area contributed by atoms with Crippen LogP contribution in [0.1, 0.15) is 19.8 Å². The number of ether oxygens (including phenoxy) is 1. The molecule has 2 atom stereocenters. The molecule has 0 aromatic carbocycles. The van der Waals surface area contributed by atoms with E-state index in [1.165, 1.54) is 14.2 Å². The van der Waals surface area contributed by atoms with Crippen LogP contribution in [0.15, 0.2) is 0 Å². The fourth-order valence-corrected chi connectivity index (χ4v) is 1.22. The molecule has 0 spiro atoms. The zero-order chi connectivity index (χ0) is 12.2. The fourth-order valence-electron chi connectivity index (χ4n) is 1.05. The Hall–Kier alpha value is 0.0900. The highest BCUT2D eigenvalue weighted by Crippen LogP contribution is 2.11. The highest BCUT2D eigenvalue weighted by atomic mass is 35.5. The summed E-state index contributed by atoms with van der Waals surface area (Å²) in [6.07, 6.45) is 1.44. The standard InChI is InChI=1S/C10H21ClO5/c1-9(10(11)5-8-16-13-3)14-6-4-7-15-12-2/h9-10H,4-8H2,1-3H3/t9-,10?/m0/s1. The van der Waals surface area contributed by atoms with Gasteiger partial charge in [-0.1, -0.05) is 0 Å². The molecule has 0 aliphatic carbocycles. The van der Waals surface area contributed by atoms with Crippen LogP contribution in [0.25, 0.3) is 0 Å². The quantitative estimate of drug-likeness (QED) is 0.245. The van der Waals surface area contributed by atoms with Crippen molar-refractivity contribution in [3.05, 3.63) is 0 Å². The molecule has 0 amide bonds. The summed E-state index contributed by atoms with van der Waals surface area (Å²) in [4.78, 5) is 18.4. The Labute approximate surface area is 102 Å². The maximum atomic E-state index is 6.09. The topological polar surface area (TPSA) is 46.2 Å². The first-order chi connectivity index (χ1) is 7.72. The third-order valence-electron chi connectivity index (χ3n) is 1.97. The normalized spacial score (nSPS) is 15.0. The van der Waals surface area contributed by atoms with Gasteiger partial charge in [0.05, 0.1) is 38.9 Å². The molecule has 0 aliphatic rings. The molecule has 6 heteroatoms. The zero-order valence-corrected chi connectivity index (χ0v) is 10.9. The Morgan fingerprint density at radius 2 is 1.62 bits per heavy atom. The summed E-state index contributed by atoms with van der Waals surface area (Å²) in [6, 6.07) is 0. The maximum Gasteiger partial charge on any atom is 0.0844 e. The van der Waals surface area contributed by atoms with Gasteiger partial charge in [0.2, 0.25) is 0 Å². The van der Waals surface area contributed by atoms with Gasteiger partial charge >= 0.3 is 0 Å². The average Bonchev–Trinajstić information content (AvgIpc) is 2.28. The lowest BCUT2D eigenvalue weighted by Gasteiger charge is -2.18. The largest absolute Gasteiger partial charge is 0.377 e. The van der Waals surface area contributed by atoms with E-state index < -0.39 is 0 Å². The molecule has 98 valence electrons. The highest BCUT2D eigenvalue weighted by Gasteiger charge is 2.14. The van der Waals surface area contributed by atoms with E-state index in [0.29, 0.717) is 26.2 Å². The van der Waals surface area contributed by atoms with Gasteiger partial charge in [0.1, 0.15) is 0 Å².